The fourth-order valence-corrected chi connectivity index (χ4v) is 1.62. The Balaban J connectivity index is 3.78. The predicted molar refractivity (Wildman–Crippen MR) is 58.0 cm³/mol. The molecule has 0 aromatic carbocycles. The molecule has 0 radical (unpaired) electrons. The quantitative estimate of drug-likeness (QED) is 0.661. The maximum Gasteiger partial charge on any atom is 0.0558 e. The van der Waals surface area contributed by atoms with Crippen molar-refractivity contribution in [2.24, 2.45) is 5.92 Å². The van der Waals surface area contributed by atoms with E-state index in [1.807, 2.05) is 0 Å². The first-order valence-electron chi connectivity index (χ1n) is 5.36. The third kappa shape index (κ3) is 7.03. The van der Waals surface area contributed by atoms with Gasteiger partial charge in [-0.2, -0.15) is 0 Å². The van der Waals surface area contributed by atoms with E-state index in [-0.39, 0.29) is 0 Å². The van der Waals surface area contributed by atoms with Gasteiger partial charge >= 0.3 is 0 Å². The van der Waals surface area contributed by atoms with Crippen LogP contribution in [0.2, 0.25) is 0 Å². The minimum Gasteiger partial charge on any atom is -0.382 e. The van der Waals surface area contributed by atoms with Crippen molar-refractivity contribution >= 4 is 0 Å². The van der Waals surface area contributed by atoms with E-state index in [1.165, 1.54) is 6.42 Å². The number of hydrogen-bond donors (Lipinski definition) is 1. The van der Waals surface area contributed by atoms with E-state index in [4.69, 9.17) is 4.74 Å². The maximum absolute atomic E-state index is 5.27. The third-order valence-electron chi connectivity index (χ3n) is 2.27. The van der Waals surface area contributed by atoms with E-state index in [2.05, 4.69) is 33.0 Å². The zero-order chi connectivity index (χ0) is 10.3. The first-order chi connectivity index (χ1) is 6.10. The van der Waals surface area contributed by atoms with Crippen LogP contribution in [0.25, 0.3) is 0 Å². The Labute approximate surface area is 83.1 Å². The molecular weight excluding hydrogens is 162 g/mol. The second-order valence-corrected chi connectivity index (χ2v) is 4.17. The molecule has 0 fully saturated rings. The lowest BCUT2D eigenvalue weighted by Gasteiger charge is -2.22. The lowest BCUT2D eigenvalue weighted by Crippen LogP contribution is -2.33. The summed E-state index contributed by atoms with van der Waals surface area (Å²) in [6.07, 6.45) is 2.71. The van der Waals surface area contributed by atoms with Crippen LogP contribution in [0.1, 0.15) is 40.5 Å². The monoisotopic (exact) mass is 187 g/mol. The van der Waals surface area contributed by atoms with Gasteiger partial charge in [0.15, 0.2) is 0 Å². The smallest absolute Gasteiger partial charge is 0.0558 e. The molecule has 0 aliphatic carbocycles. The van der Waals surface area contributed by atoms with Crippen LogP contribution in [0.3, 0.4) is 0 Å². The van der Waals surface area contributed by atoms with Crippen molar-refractivity contribution in [1.82, 2.24) is 5.32 Å². The van der Waals surface area contributed by atoms with Crippen LogP contribution in [-0.2, 0) is 4.74 Å². The summed E-state index contributed by atoms with van der Waals surface area (Å²) in [5.41, 5.74) is 0. The highest BCUT2D eigenvalue weighted by Gasteiger charge is 2.12. The van der Waals surface area contributed by atoms with E-state index in [0.29, 0.717) is 12.1 Å². The second-order valence-electron chi connectivity index (χ2n) is 4.17. The van der Waals surface area contributed by atoms with Crippen molar-refractivity contribution < 1.29 is 4.74 Å². The Hall–Kier alpha value is -0.0800. The topological polar surface area (TPSA) is 21.3 Å². The summed E-state index contributed by atoms with van der Waals surface area (Å²) in [5, 5.41) is 3.50. The second kappa shape index (κ2) is 7.34. The molecule has 13 heavy (non-hydrogen) atoms. The molecular formula is C11H25NO. The van der Waals surface area contributed by atoms with Crippen LogP contribution in [0.4, 0.5) is 0 Å². The molecule has 1 N–H and O–H groups in total. The molecule has 80 valence electrons. The van der Waals surface area contributed by atoms with Gasteiger partial charge in [0.25, 0.3) is 0 Å². The molecule has 2 nitrogen and oxygen atoms in total. The average molecular weight is 187 g/mol. The molecule has 0 aromatic rings. The van der Waals surface area contributed by atoms with E-state index in [9.17, 15) is 0 Å². The van der Waals surface area contributed by atoms with Gasteiger partial charge < -0.3 is 10.1 Å². The third-order valence-corrected chi connectivity index (χ3v) is 2.27. The summed E-state index contributed by atoms with van der Waals surface area (Å²) in [6, 6.07) is 0.611. The normalized spacial score (nSPS) is 16.2. The van der Waals surface area contributed by atoms with Gasteiger partial charge in [0, 0.05) is 13.2 Å². The van der Waals surface area contributed by atoms with Gasteiger partial charge in [-0.25, -0.2) is 0 Å². The highest BCUT2D eigenvalue weighted by Crippen LogP contribution is 2.11. The van der Waals surface area contributed by atoms with Gasteiger partial charge in [-0.05, 0) is 32.2 Å². The van der Waals surface area contributed by atoms with E-state index in [0.717, 1.165) is 18.9 Å². The van der Waals surface area contributed by atoms with E-state index >= 15 is 0 Å². The highest BCUT2D eigenvalue weighted by molar-refractivity contribution is 4.70. The largest absolute Gasteiger partial charge is 0.382 e. The van der Waals surface area contributed by atoms with Gasteiger partial charge in [-0.15, -0.1) is 0 Å². The first-order valence-corrected chi connectivity index (χ1v) is 5.36. The number of nitrogens with one attached hydrogen (secondary N) is 1. The molecule has 0 heterocycles. The average Bonchev–Trinajstić information content (AvgIpc) is 2.03. The number of rotatable bonds is 7. The Morgan fingerprint density at radius 2 is 1.77 bits per heavy atom. The fraction of sp³-hybridized carbons (Fsp3) is 1.00. The van der Waals surface area contributed by atoms with Crippen molar-refractivity contribution in [1.29, 1.82) is 0 Å². The number of ether oxygens (including phenoxy) is 1. The molecule has 2 heteroatoms. The summed E-state index contributed by atoms with van der Waals surface area (Å²) in [6.45, 7) is 9.87. The highest BCUT2D eigenvalue weighted by atomic mass is 16.5. The van der Waals surface area contributed by atoms with Crippen LogP contribution < -0.4 is 5.32 Å². The van der Waals surface area contributed by atoms with Crippen molar-refractivity contribution in [3.63, 3.8) is 0 Å². The van der Waals surface area contributed by atoms with Crippen molar-refractivity contribution in [2.45, 2.75) is 52.7 Å². The van der Waals surface area contributed by atoms with Crippen molar-refractivity contribution in [2.75, 3.05) is 13.7 Å². The summed E-state index contributed by atoms with van der Waals surface area (Å²) in [4.78, 5) is 0. The van der Waals surface area contributed by atoms with Gasteiger partial charge in [0.05, 0.1) is 6.10 Å². The van der Waals surface area contributed by atoms with E-state index in [1.54, 1.807) is 7.11 Å². The first kappa shape index (κ1) is 12.9. The van der Waals surface area contributed by atoms with Gasteiger partial charge in [0.2, 0.25) is 0 Å². The molecule has 2 atom stereocenters. The number of hydrogen-bond acceptors (Lipinski definition) is 2. The Bertz CT molecular complexity index is 115. The molecule has 2 unspecified atom stereocenters. The molecule has 0 saturated carbocycles. The number of methoxy groups -OCH3 is 1. The van der Waals surface area contributed by atoms with Crippen LogP contribution in [-0.4, -0.2) is 25.8 Å². The standard InChI is InChI=1S/C11H25NO/c1-6-12-11(7-9(2)3)8-10(4)13-5/h9-12H,6-8H2,1-5H3. The summed E-state index contributed by atoms with van der Waals surface area (Å²) >= 11 is 0. The molecule has 0 bridgehead atoms. The molecule has 0 amide bonds. The summed E-state index contributed by atoms with van der Waals surface area (Å²) in [7, 11) is 1.78. The van der Waals surface area contributed by atoms with Gasteiger partial charge in [0.1, 0.15) is 0 Å². The fourth-order valence-electron chi connectivity index (χ4n) is 1.62. The Morgan fingerprint density at radius 3 is 2.15 bits per heavy atom. The van der Waals surface area contributed by atoms with Crippen LogP contribution in [0.15, 0.2) is 0 Å². The molecule has 0 spiro atoms. The zero-order valence-electron chi connectivity index (χ0n) is 9.76. The van der Waals surface area contributed by atoms with Crippen LogP contribution in [0, 0.1) is 5.92 Å². The molecule has 0 aromatic heterocycles. The summed E-state index contributed by atoms with van der Waals surface area (Å²) < 4.78 is 5.27. The van der Waals surface area contributed by atoms with Gasteiger partial charge in [-0.3, -0.25) is 0 Å². The Kier molecular flexibility index (Phi) is 7.29. The van der Waals surface area contributed by atoms with Crippen molar-refractivity contribution in [3.8, 4) is 0 Å². The minimum absolute atomic E-state index is 0.364. The van der Waals surface area contributed by atoms with Crippen molar-refractivity contribution in [3.05, 3.63) is 0 Å². The molecule has 0 rings (SSSR count). The SMILES string of the molecule is CCNC(CC(C)C)CC(C)OC. The maximum atomic E-state index is 5.27. The lowest BCUT2D eigenvalue weighted by atomic mass is 9.99. The molecule has 0 aliphatic heterocycles. The van der Waals surface area contributed by atoms with Crippen LogP contribution in [0.5, 0.6) is 0 Å². The Morgan fingerprint density at radius 1 is 1.15 bits per heavy atom. The molecule has 0 aliphatic rings. The van der Waals surface area contributed by atoms with Crippen LogP contribution >= 0.6 is 0 Å². The minimum atomic E-state index is 0.364. The van der Waals surface area contributed by atoms with E-state index < -0.39 is 0 Å². The zero-order valence-corrected chi connectivity index (χ0v) is 9.76. The molecule has 0 saturated heterocycles. The lowest BCUT2D eigenvalue weighted by molar-refractivity contribution is 0.0979. The predicted octanol–water partition coefficient (Wildman–Crippen LogP) is 2.44. The summed E-state index contributed by atoms with van der Waals surface area (Å²) in [5.74, 6) is 0.758. The van der Waals surface area contributed by atoms with Gasteiger partial charge in [-0.1, -0.05) is 20.8 Å².